The molecule has 0 N–H and O–H groups in total. The molecule has 0 aromatic rings. The van der Waals surface area contributed by atoms with Crippen LogP contribution < -0.4 is 0 Å². The summed E-state index contributed by atoms with van der Waals surface area (Å²) >= 11 is 0. The zero-order valence-electron chi connectivity index (χ0n) is 7.00. The van der Waals surface area contributed by atoms with Gasteiger partial charge in [-0.1, -0.05) is 0 Å². The van der Waals surface area contributed by atoms with E-state index in [0.717, 1.165) is 0 Å². The number of nitrogens with zero attached hydrogens (tertiary/aromatic N) is 2. The first-order valence-electron chi connectivity index (χ1n) is 3.52. The average molecular weight is 172 g/mol. The summed E-state index contributed by atoms with van der Waals surface area (Å²) in [5.41, 5.74) is 0. The quantitative estimate of drug-likeness (QED) is 0.543. The van der Waals surface area contributed by atoms with Crippen LogP contribution in [-0.2, 0) is 10.8 Å². The highest BCUT2D eigenvalue weighted by Gasteiger charge is 2.25. The maximum atomic E-state index is 11.6. The minimum absolute atomic E-state index is 0.216. The van der Waals surface area contributed by atoms with Crippen molar-refractivity contribution in [2.45, 2.75) is 31.9 Å². The molecule has 1 aliphatic heterocycles. The summed E-state index contributed by atoms with van der Waals surface area (Å²) in [6.45, 7) is 5.80. The Labute approximate surface area is 69.1 Å². The van der Waals surface area contributed by atoms with Gasteiger partial charge in [0.25, 0.3) is 0 Å². The Kier molecular flexibility index (Phi) is 2.23. The normalized spacial score (nSPS) is 20.1. The van der Waals surface area contributed by atoms with Gasteiger partial charge >= 0.3 is 0 Å². The largest absolute Gasteiger partial charge is 0.252 e. The molecule has 62 valence electrons. The minimum Gasteiger partial charge on any atom is -0.252 e. The lowest BCUT2D eigenvalue weighted by atomic mass is 10.3. The van der Waals surface area contributed by atoms with Crippen LogP contribution in [0.3, 0.4) is 0 Å². The van der Waals surface area contributed by atoms with E-state index in [1.807, 2.05) is 20.8 Å². The van der Waals surface area contributed by atoms with Crippen molar-refractivity contribution in [1.82, 2.24) is 0 Å². The Morgan fingerprint density at radius 2 is 2.18 bits per heavy atom. The SMILES string of the molecule is CC(C)(C)S(=O)C1=NN=CC1. The molecule has 4 heteroatoms. The second-order valence-electron chi connectivity index (χ2n) is 3.38. The van der Waals surface area contributed by atoms with Crippen molar-refractivity contribution >= 4 is 22.1 Å². The molecule has 1 unspecified atom stereocenters. The molecular weight excluding hydrogens is 160 g/mol. The van der Waals surface area contributed by atoms with Crippen molar-refractivity contribution < 1.29 is 4.21 Å². The number of hydrogen-bond acceptors (Lipinski definition) is 3. The molecule has 3 nitrogen and oxygen atoms in total. The molecule has 0 spiro atoms. The van der Waals surface area contributed by atoms with E-state index in [1.165, 1.54) is 0 Å². The van der Waals surface area contributed by atoms with Crippen LogP contribution in [0.4, 0.5) is 0 Å². The van der Waals surface area contributed by atoms with Crippen molar-refractivity contribution in [1.29, 1.82) is 0 Å². The molecule has 0 radical (unpaired) electrons. The van der Waals surface area contributed by atoms with E-state index in [1.54, 1.807) is 6.21 Å². The van der Waals surface area contributed by atoms with Crippen molar-refractivity contribution in [3.05, 3.63) is 0 Å². The third-order valence-electron chi connectivity index (χ3n) is 1.29. The lowest BCUT2D eigenvalue weighted by Crippen LogP contribution is -2.27. The van der Waals surface area contributed by atoms with E-state index in [-0.39, 0.29) is 4.75 Å². The van der Waals surface area contributed by atoms with Crippen LogP contribution in [-0.4, -0.2) is 20.2 Å². The third-order valence-corrected chi connectivity index (χ3v) is 3.08. The maximum absolute atomic E-state index is 11.6. The van der Waals surface area contributed by atoms with E-state index in [0.29, 0.717) is 11.5 Å². The molecule has 0 aromatic carbocycles. The Morgan fingerprint density at radius 1 is 1.55 bits per heavy atom. The van der Waals surface area contributed by atoms with Gasteiger partial charge in [-0.25, -0.2) is 0 Å². The average Bonchev–Trinajstić information content (AvgIpc) is 2.34. The predicted molar refractivity (Wildman–Crippen MR) is 48.4 cm³/mol. The molecule has 11 heavy (non-hydrogen) atoms. The number of rotatable bonds is 0. The van der Waals surface area contributed by atoms with Gasteiger partial charge in [-0.05, 0) is 20.8 Å². The van der Waals surface area contributed by atoms with Crippen LogP contribution in [0.15, 0.2) is 10.2 Å². The first-order chi connectivity index (χ1) is 5.02. The zero-order valence-corrected chi connectivity index (χ0v) is 7.81. The molecular formula is C7H12N2OS. The Hall–Kier alpha value is -0.510. The van der Waals surface area contributed by atoms with Crippen molar-refractivity contribution in [2.75, 3.05) is 0 Å². The fraction of sp³-hybridized carbons (Fsp3) is 0.714. The summed E-state index contributed by atoms with van der Waals surface area (Å²) in [4.78, 5) is 0. The number of hydrogen-bond donors (Lipinski definition) is 0. The highest BCUT2D eigenvalue weighted by molar-refractivity contribution is 8.01. The summed E-state index contributed by atoms with van der Waals surface area (Å²) in [5.74, 6) is 0. The van der Waals surface area contributed by atoms with Gasteiger partial charge in [0.05, 0.1) is 10.8 Å². The van der Waals surface area contributed by atoms with E-state index in [2.05, 4.69) is 10.2 Å². The van der Waals surface area contributed by atoms with E-state index < -0.39 is 10.8 Å². The van der Waals surface area contributed by atoms with Gasteiger partial charge in [0, 0.05) is 17.4 Å². The topological polar surface area (TPSA) is 41.8 Å². The molecule has 0 amide bonds. The van der Waals surface area contributed by atoms with Crippen LogP contribution in [0.5, 0.6) is 0 Å². The molecule has 1 aliphatic rings. The Morgan fingerprint density at radius 3 is 2.55 bits per heavy atom. The van der Waals surface area contributed by atoms with Crippen LogP contribution in [0.2, 0.25) is 0 Å². The molecule has 1 heterocycles. The van der Waals surface area contributed by atoms with Crippen LogP contribution in [0, 0.1) is 0 Å². The van der Waals surface area contributed by atoms with Crippen LogP contribution in [0.1, 0.15) is 27.2 Å². The first-order valence-corrected chi connectivity index (χ1v) is 4.67. The van der Waals surface area contributed by atoms with Gasteiger partial charge in [-0.2, -0.15) is 5.10 Å². The molecule has 0 saturated carbocycles. The van der Waals surface area contributed by atoms with Crippen molar-refractivity contribution in [3.63, 3.8) is 0 Å². The van der Waals surface area contributed by atoms with Gasteiger partial charge in [0.1, 0.15) is 5.04 Å². The third kappa shape index (κ3) is 1.96. The van der Waals surface area contributed by atoms with E-state index >= 15 is 0 Å². The van der Waals surface area contributed by atoms with Gasteiger partial charge < -0.3 is 0 Å². The highest BCUT2D eigenvalue weighted by Crippen LogP contribution is 2.15. The lowest BCUT2D eigenvalue weighted by Gasteiger charge is -2.16. The minimum atomic E-state index is -0.988. The van der Waals surface area contributed by atoms with Gasteiger partial charge in [0.15, 0.2) is 0 Å². The summed E-state index contributed by atoms with van der Waals surface area (Å²) in [5, 5.41) is 8.15. The zero-order chi connectivity index (χ0) is 8.48. The molecule has 0 saturated heterocycles. The standard InChI is InChI=1S/C7H12N2OS/c1-7(2,3)11(10)6-4-5-8-9-6/h5H,4H2,1-3H3. The smallest absolute Gasteiger partial charge is 0.133 e. The monoisotopic (exact) mass is 172 g/mol. The highest BCUT2D eigenvalue weighted by atomic mass is 32.2. The predicted octanol–water partition coefficient (Wildman–Crippen LogP) is 1.32. The molecule has 0 fully saturated rings. The maximum Gasteiger partial charge on any atom is 0.133 e. The summed E-state index contributed by atoms with van der Waals surface area (Å²) < 4.78 is 11.4. The second kappa shape index (κ2) is 2.85. The first kappa shape index (κ1) is 8.59. The van der Waals surface area contributed by atoms with Gasteiger partial charge in [0.2, 0.25) is 0 Å². The van der Waals surface area contributed by atoms with Gasteiger partial charge in [-0.3, -0.25) is 4.21 Å². The molecule has 0 bridgehead atoms. The molecule has 0 aliphatic carbocycles. The van der Waals surface area contributed by atoms with E-state index in [4.69, 9.17) is 0 Å². The second-order valence-corrected chi connectivity index (χ2v) is 5.61. The summed E-state index contributed by atoms with van der Waals surface area (Å²) in [7, 11) is -0.988. The molecule has 1 atom stereocenters. The summed E-state index contributed by atoms with van der Waals surface area (Å²) in [6.07, 6.45) is 2.32. The Bertz CT molecular complexity index is 237. The summed E-state index contributed by atoms with van der Waals surface area (Å²) in [6, 6.07) is 0. The van der Waals surface area contributed by atoms with Crippen LogP contribution in [0.25, 0.3) is 0 Å². The lowest BCUT2D eigenvalue weighted by molar-refractivity contribution is 0.658. The van der Waals surface area contributed by atoms with Crippen LogP contribution >= 0.6 is 0 Å². The van der Waals surface area contributed by atoms with Crippen molar-refractivity contribution in [2.24, 2.45) is 10.2 Å². The van der Waals surface area contributed by atoms with Gasteiger partial charge in [-0.15, -0.1) is 5.10 Å². The van der Waals surface area contributed by atoms with Crippen molar-refractivity contribution in [3.8, 4) is 0 Å². The fourth-order valence-corrected chi connectivity index (χ4v) is 1.79. The Balaban J connectivity index is 2.71. The molecule has 1 rings (SSSR count). The fourth-order valence-electron chi connectivity index (χ4n) is 0.731. The van der Waals surface area contributed by atoms with E-state index in [9.17, 15) is 4.21 Å². The molecule has 0 aromatic heterocycles.